The first-order valence-corrected chi connectivity index (χ1v) is 7.99. The van der Waals surface area contributed by atoms with Crippen molar-refractivity contribution in [3.05, 3.63) is 70.2 Å². The van der Waals surface area contributed by atoms with E-state index in [1.165, 1.54) is 10.1 Å². The Morgan fingerprint density at radius 2 is 1.88 bits per heavy atom. The average molecular weight is 324 g/mol. The Kier molecular flexibility index (Phi) is 4.51. The standard InChI is InChI=1S/C19H20N2O3/c1-13-7-9-15(10-8-13)14(2)20-18(22)11-12-21-16-5-3-4-6-17(16)24-19(21)23/h3-10,14H,11-12H2,1-2H3,(H,20,22). The lowest BCUT2D eigenvalue weighted by Gasteiger charge is -2.14. The number of carbonyl (C=O) groups excluding carboxylic acids is 1. The van der Waals surface area contributed by atoms with E-state index in [9.17, 15) is 9.59 Å². The molecule has 0 saturated heterocycles. The van der Waals surface area contributed by atoms with E-state index in [1.54, 1.807) is 6.07 Å². The van der Waals surface area contributed by atoms with Gasteiger partial charge < -0.3 is 9.73 Å². The predicted molar refractivity (Wildman–Crippen MR) is 92.8 cm³/mol. The molecule has 1 atom stereocenters. The number of carbonyl (C=O) groups is 1. The van der Waals surface area contributed by atoms with Gasteiger partial charge in [-0.05, 0) is 31.5 Å². The number of rotatable bonds is 5. The Balaban J connectivity index is 1.64. The number of aryl methyl sites for hydroxylation is 2. The average Bonchev–Trinajstić information content (AvgIpc) is 2.88. The smallest absolute Gasteiger partial charge is 0.408 e. The van der Waals surface area contributed by atoms with Crippen molar-refractivity contribution in [2.75, 3.05) is 0 Å². The molecule has 2 aromatic carbocycles. The zero-order chi connectivity index (χ0) is 17.1. The molecule has 0 fully saturated rings. The van der Waals surface area contributed by atoms with Crippen LogP contribution < -0.4 is 11.1 Å². The maximum absolute atomic E-state index is 12.2. The minimum atomic E-state index is -0.435. The van der Waals surface area contributed by atoms with Crippen molar-refractivity contribution >= 4 is 17.0 Å². The van der Waals surface area contributed by atoms with Gasteiger partial charge in [0, 0.05) is 13.0 Å². The van der Waals surface area contributed by atoms with Gasteiger partial charge in [0.15, 0.2) is 5.58 Å². The topological polar surface area (TPSA) is 64.2 Å². The molecule has 0 saturated carbocycles. The van der Waals surface area contributed by atoms with E-state index in [2.05, 4.69) is 5.32 Å². The molecule has 0 bridgehead atoms. The fourth-order valence-corrected chi connectivity index (χ4v) is 2.69. The molecule has 1 heterocycles. The summed E-state index contributed by atoms with van der Waals surface area (Å²) in [4.78, 5) is 24.1. The Morgan fingerprint density at radius 3 is 2.62 bits per heavy atom. The van der Waals surface area contributed by atoms with Gasteiger partial charge in [-0.3, -0.25) is 9.36 Å². The number of nitrogens with one attached hydrogen (secondary N) is 1. The zero-order valence-corrected chi connectivity index (χ0v) is 13.8. The van der Waals surface area contributed by atoms with Crippen LogP contribution in [0.3, 0.4) is 0 Å². The highest BCUT2D eigenvalue weighted by Gasteiger charge is 2.12. The number of hydrogen-bond acceptors (Lipinski definition) is 3. The van der Waals surface area contributed by atoms with Crippen LogP contribution in [0.15, 0.2) is 57.7 Å². The molecule has 0 aliphatic rings. The summed E-state index contributed by atoms with van der Waals surface area (Å²) in [5.74, 6) is -0.532. The molecule has 0 radical (unpaired) electrons. The molecule has 124 valence electrons. The third-order valence-corrected chi connectivity index (χ3v) is 4.09. The normalized spacial score (nSPS) is 12.2. The van der Waals surface area contributed by atoms with Gasteiger partial charge in [0.2, 0.25) is 5.91 Å². The molecule has 0 aliphatic heterocycles. The summed E-state index contributed by atoms with van der Waals surface area (Å²) in [6.07, 6.45) is 0.222. The number of fused-ring (bicyclic) bond motifs is 1. The lowest BCUT2D eigenvalue weighted by atomic mass is 10.1. The SMILES string of the molecule is Cc1ccc(C(C)NC(=O)CCn2c(=O)oc3ccccc32)cc1. The maximum Gasteiger partial charge on any atom is 0.419 e. The fourth-order valence-electron chi connectivity index (χ4n) is 2.69. The first-order chi connectivity index (χ1) is 11.5. The number of oxazole rings is 1. The molecule has 1 aromatic heterocycles. The quantitative estimate of drug-likeness (QED) is 0.784. The second-order valence-electron chi connectivity index (χ2n) is 5.94. The molecule has 5 heteroatoms. The van der Waals surface area contributed by atoms with Crippen LogP contribution in [0.4, 0.5) is 0 Å². The number of aromatic nitrogens is 1. The molecule has 1 N–H and O–H groups in total. The lowest BCUT2D eigenvalue weighted by molar-refractivity contribution is -0.121. The number of benzene rings is 2. The second-order valence-corrected chi connectivity index (χ2v) is 5.94. The highest BCUT2D eigenvalue weighted by atomic mass is 16.4. The largest absolute Gasteiger partial charge is 0.419 e. The minimum Gasteiger partial charge on any atom is -0.408 e. The van der Waals surface area contributed by atoms with E-state index in [-0.39, 0.29) is 18.4 Å². The van der Waals surface area contributed by atoms with Gasteiger partial charge in [0.1, 0.15) is 0 Å². The summed E-state index contributed by atoms with van der Waals surface area (Å²) in [5, 5.41) is 2.96. The van der Waals surface area contributed by atoms with Crippen molar-refractivity contribution in [3.63, 3.8) is 0 Å². The van der Waals surface area contributed by atoms with Crippen molar-refractivity contribution < 1.29 is 9.21 Å². The van der Waals surface area contributed by atoms with E-state index in [0.29, 0.717) is 17.6 Å². The van der Waals surface area contributed by atoms with E-state index in [1.807, 2.05) is 56.3 Å². The summed E-state index contributed by atoms with van der Waals surface area (Å²) in [7, 11) is 0. The second kappa shape index (κ2) is 6.74. The summed E-state index contributed by atoms with van der Waals surface area (Å²) in [6.45, 7) is 4.27. The van der Waals surface area contributed by atoms with Crippen LogP contribution in [0.2, 0.25) is 0 Å². The van der Waals surface area contributed by atoms with Crippen molar-refractivity contribution in [2.45, 2.75) is 32.9 Å². The van der Waals surface area contributed by atoms with Crippen LogP contribution >= 0.6 is 0 Å². The Labute approximate surface area is 139 Å². The summed E-state index contributed by atoms with van der Waals surface area (Å²) in [5.41, 5.74) is 3.49. The maximum atomic E-state index is 12.2. The highest BCUT2D eigenvalue weighted by Crippen LogP contribution is 2.14. The fraction of sp³-hybridized carbons (Fsp3) is 0.263. The number of hydrogen-bond donors (Lipinski definition) is 1. The van der Waals surface area contributed by atoms with E-state index in [0.717, 1.165) is 5.56 Å². The molecule has 1 amide bonds. The number of nitrogens with zero attached hydrogens (tertiary/aromatic N) is 1. The summed E-state index contributed by atoms with van der Waals surface area (Å²) >= 11 is 0. The van der Waals surface area contributed by atoms with Crippen molar-refractivity contribution in [2.24, 2.45) is 0 Å². The van der Waals surface area contributed by atoms with Gasteiger partial charge in [0.25, 0.3) is 0 Å². The Bertz CT molecular complexity index is 906. The van der Waals surface area contributed by atoms with Gasteiger partial charge in [0.05, 0.1) is 11.6 Å². The van der Waals surface area contributed by atoms with Crippen LogP contribution in [0, 0.1) is 6.92 Å². The Morgan fingerprint density at radius 1 is 1.17 bits per heavy atom. The molecule has 0 aliphatic carbocycles. The first kappa shape index (κ1) is 16.1. The summed E-state index contributed by atoms with van der Waals surface area (Å²) in [6, 6.07) is 15.2. The van der Waals surface area contributed by atoms with Gasteiger partial charge in [-0.1, -0.05) is 42.0 Å². The third-order valence-electron chi connectivity index (χ3n) is 4.09. The van der Waals surface area contributed by atoms with Crippen LogP contribution in [0.1, 0.15) is 30.5 Å². The highest BCUT2D eigenvalue weighted by molar-refractivity contribution is 5.77. The Hall–Kier alpha value is -2.82. The first-order valence-electron chi connectivity index (χ1n) is 7.99. The molecule has 0 spiro atoms. The van der Waals surface area contributed by atoms with E-state index >= 15 is 0 Å². The van der Waals surface area contributed by atoms with Crippen LogP contribution in [-0.4, -0.2) is 10.5 Å². The predicted octanol–water partition coefficient (Wildman–Crippen LogP) is 3.17. The van der Waals surface area contributed by atoms with Gasteiger partial charge in [-0.15, -0.1) is 0 Å². The molecule has 1 unspecified atom stereocenters. The summed E-state index contributed by atoms with van der Waals surface area (Å²) < 4.78 is 6.66. The lowest BCUT2D eigenvalue weighted by Crippen LogP contribution is -2.28. The van der Waals surface area contributed by atoms with Gasteiger partial charge >= 0.3 is 5.76 Å². The molecule has 3 aromatic rings. The minimum absolute atomic E-state index is 0.0732. The molecular weight excluding hydrogens is 304 g/mol. The van der Waals surface area contributed by atoms with Gasteiger partial charge in [-0.25, -0.2) is 4.79 Å². The molecular formula is C19H20N2O3. The molecule has 5 nitrogen and oxygen atoms in total. The van der Waals surface area contributed by atoms with Crippen LogP contribution in [0.5, 0.6) is 0 Å². The number of amides is 1. The van der Waals surface area contributed by atoms with Gasteiger partial charge in [-0.2, -0.15) is 0 Å². The van der Waals surface area contributed by atoms with Crippen molar-refractivity contribution in [1.29, 1.82) is 0 Å². The monoisotopic (exact) mass is 324 g/mol. The van der Waals surface area contributed by atoms with E-state index < -0.39 is 5.76 Å². The number of para-hydroxylation sites is 2. The third kappa shape index (κ3) is 3.40. The molecule has 3 rings (SSSR count). The van der Waals surface area contributed by atoms with E-state index in [4.69, 9.17) is 4.42 Å². The van der Waals surface area contributed by atoms with Crippen molar-refractivity contribution in [1.82, 2.24) is 9.88 Å². The zero-order valence-electron chi connectivity index (χ0n) is 13.8. The van der Waals surface area contributed by atoms with Crippen LogP contribution in [-0.2, 0) is 11.3 Å². The van der Waals surface area contributed by atoms with Crippen LogP contribution in [0.25, 0.3) is 11.1 Å². The molecule has 24 heavy (non-hydrogen) atoms. The van der Waals surface area contributed by atoms with Crippen molar-refractivity contribution in [3.8, 4) is 0 Å².